The van der Waals surface area contributed by atoms with E-state index in [4.69, 9.17) is 4.74 Å². The van der Waals surface area contributed by atoms with Gasteiger partial charge in [-0.3, -0.25) is 4.79 Å². The second-order valence-corrected chi connectivity index (χ2v) is 8.96. The van der Waals surface area contributed by atoms with Crippen molar-refractivity contribution in [2.45, 2.75) is 25.7 Å². The number of benzene rings is 1. The lowest BCUT2D eigenvalue weighted by Crippen LogP contribution is -2.23. The Balaban J connectivity index is 1.34. The molecule has 0 radical (unpaired) electrons. The van der Waals surface area contributed by atoms with Crippen molar-refractivity contribution in [3.63, 3.8) is 0 Å². The Morgan fingerprint density at radius 3 is 2.65 bits per heavy atom. The molecule has 0 aliphatic heterocycles. The van der Waals surface area contributed by atoms with Crippen LogP contribution >= 0.6 is 11.3 Å². The number of aromatic nitrogens is 3. The number of hydrogen-bond donors (Lipinski definition) is 1. The molecule has 0 fully saturated rings. The number of thiophene rings is 1. The van der Waals surface area contributed by atoms with Crippen LogP contribution in [-0.2, 0) is 22.4 Å². The van der Waals surface area contributed by atoms with Gasteiger partial charge < -0.3 is 14.6 Å². The van der Waals surface area contributed by atoms with Crippen LogP contribution in [0.4, 0.5) is 5.82 Å². The van der Waals surface area contributed by atoms with Crippen LogP contribution in [0.3, 0.4) is 0 Å². The zero-order valence-corrected chi connectivity index (χ0v) is 19.0. The number of para-hydroxylation sites is 1. The number of nitriles is 1. The van der Waals surface area contributed by atoms with E-state index in [0.29, 0.717) is 11.3 Å². The molecule has 1 aliphatic carbocycles. The Morgan fingerprint density at radius 1 is 1.12 bits per heavy atom. The fourth-order valence-electron chi connectivity index (χ4n) is 4.10. The van der Waals surface area contributed by atoms with Gasteiger partial charge in [0.2, 0.25) is 0 Å². The largest absolute Gasteiger partial charge is 0.452 e. The first-order valence-electron chi connectivity index (χ1n) is 10.9. The van der Waals surface area contributed by atoms with E-state index in [-0.39, 0.29) is 11.4 Å². The van der Waals surface area contributed by atoms with Crippen LogP contribution in [0, 0.1) is 11.3 Å². The first kappa shape index (κ1) is 21.7. The van der Waals surface area contributed by atoms with Crippen molar-refractivity contribution in [3.05, 3.63) is 82.6 Å². The summed E-state index contributed by atoms with van der Waals surface area (Å²) in [5.41, 5.74) is 2.47. The second kappa shape index (κ2) is 9.37. The van der Waals surface area contributed by atoms with Crippen molar-refractivity contribution in [2.75, 3.05) is 11.9 Å². The van der Waals surface area contributed by atoms with Crippen molar-refractivity contribution in [2.24, 2.45) is 0 Å². The third kappa shape index (κ3) is 4.11. The summed E-state index contributed by atoms with van der Waals surface area (Å²) >= 11 is 1.60. The van der Waals surface area contributed by atoms with Crippen molar-refractivity contribution in [3.8, 4) is 16.8 Å². The maximum Gasteiger partial charge on any atom is 0.341 e. The third-order valence-corrected chi connectivity index (χ3v) is 6.98. The molecule has 0 bridgehead atoms. The summed E-state index contributed by atoms with van der Waals surface area (Å²) < 4.78 is 8.83. The fourth-order valence-corrected chi connectivity index (χ4v) is 5.44. The summed E-state index contributed by atoms with van der Waals surface area (Å²) in [6.07, 6.45) is 9.08. The van der Waals surface area contributed by atoms with E-state index in [2.05, 4.69) is 10.4 Å². The van der Waals surface area contributed by atoms with E-state index in [1.807, 2.05) is 65.5 Å². The molecule has 0 saturated carbocycles. The number of ether oxygens (including phenoxy) is 1. The van der Waals surface area contributed by atoms with Crippen LogP contribution < -0.4 is 5.32 Å². The van der Waals surface area contributed by atoms with E-state index >= 15 is 0 Å². The Hall–Kier alpha value is -4.16. The van der Waals surface area contributed by atoms with Crippen molar-refractivity contribution >= 4 is 29.0 Å². The summed E-state index contributed by atoms with van der Waals surface area (Å²) in [6.45, 7) is -0.473. The Morgan fingerprint density at radius 2 is 1.88 bits per heavy atom. The van der Waals surface area contributed by atoms with E-state index in [0.717, 1.165) is 36.2 Å². The second-order valence-electron chi connectivity index (χ2n) is 7.87. The molecule has 1 aliphatic rings. The predicted octanol–water partition coefficient (Wildman–Crippen LogP) is 4.27. The fraction of sp³-hybridized carbons (Fsp3) is 0.200. The number of amides is 1. The lowest BCUT2D eigenvalue weighted by Gasteiger charge is -2.13. The molecule has 0 atom stereocenters. The molecular weight excluding hydrogens is 450 g/mol. The van der Waals surface area contributed by atoms with Gasteiger partial charge in [0.1, 0.15) is 16.6 Å². The van der Waals surface area contributed by atoms with E-state index < -0.39 is 18.5 Å². The number of carbonyl (C=O) groups is 2. The summed E-state index contributed by atoms with van der Waals surface area (Å²) in [6, 6.07) is 15.0. The molecule has 1 amide bonds. The molecule has 5 rings (SSSR count). The Labute approximate surface area is 200 Å². The predicted molar refractivity (Wildman–Crippen MR) is 127 cm³/mol. The van der Waals surface area contributed by atoms with Gasteiger partial charge in [0.15, 0.2) is 12.4 Å². The lowest BCUT2D eigenvalue weighted by atomic mass is 9.95. The molecule has 3 aromatic heterocycles. The quantitative estimate of drug-likeness (QED) is 0.423. The highest BCUT2D eigenvalue weighted by atomic mass is 32.1. The molecule has 1 aromatic carbocycles. The molecule has 0 spiro atoms. The minimum atomic E-state index is -0.547. The van der Waals surface area contributed by atoms with Crippen LogP contribution in [0.2, 0.25) is 0 Å². The topological polar surface area (TPSA) is 102 Å². The van der Waals surface area contributed by atoms with E-state index in [9.17, 15) is 14.9 Å². The van der Waals surface area contributed by atoms with Crippen molar-refractivity contribution in [1.29, 1.82) is 5.26 Å². The van der Waals surface area contributed by atoms with Crippen molar-refractivity contribution < 1.29 is 14.3 Å². The van der Waals surface area contributed by atoms with Gasteiger partial charge in [-0.1, -0.05) is 18.2 Å². The number of aryl methyl sites for hydroxylation is 1. The van der Waals surface area contributed by atoms with Crippen LogP contribution in [-0.4, -0.2) is 32.8 Å². The molecule has 4 aromatic rings. The third-order valence-electron chi connectivity index (χ3n) is 5.68. The normalized spacial score (nSPS) is 12.6. The Bertz CT molecular complexity index is 1380. The number of rotatable bonds is 6. The van der Waals surface area contributed by atoms with Gasteiger partial charge in [-0.15, -0.1) is 11.3 Å². The van der Waals surface area contributed by atoms with Gasteiger partial charge in [0, 0.05) is 17.3 Å². The zero-order valence-electron chi connectivity index (χ0n) is 18.2. The van der Waals surface area contributed by atoms with Gasteiger partial charge in [-0.05, 0) is 55.5 Å². The number of nitrogens with one attached hydrogen (secondary N) is 1. The molecular formula is C25H21N5O3S. The minimum absolute atomic E-state index is 0.213. The summed E-state index contributed by atoms with van der Waals surface area (Å²) in [7, 11) is 0. The SMILES string of the molecule is N#Cc1cnn(-c2ccccc2)c1NC(=O)COC(=O)c1c(-n2cccc2)sc2c1CCCC2. The number of esters is 1. The molecule has 3 heterocycles. The van der Waals surface area contributed by atoms with Gasteiger partial charge in [0.05, 0.1) is 17.4 Å². The number of hydrogen-bond acceptors (Lipinski definition) is 6. The van der Waals surface area contributed by atoms with Crippen molar-refractivity contribution in [1.82, 2.24) is 14.3 Å². The monoisotopic (exact) mass is 471 g/mol. The van der Waals surface area contributed by atoms with Crippen LogP contribution in [0.1, 0.15) is 39.2 Å². The summed E-state index contributed by atoms with van der Waals surface area (Å²) in [5, 5.41) is 17.1. The van der Waals surface area contributed by atoms with Gasteiger partial charge in [0.25, 0.3) is 5.91 Å². The average molecular weight is 472 g/mol. The van der Waals surface area contributed by atoms with Gasteiger partial charge in [-0.2, -0.15) is 10.4 Å². The summed E-state index contributed by atoms with van der Waals surface area (Å²) in [4.78, 5) is 27.0. The highest BCUT2D eigenvalue weighted by Gasteiger charge is 2.27. The first-order valence-corrected chi connectivity index (χ1v) is 11.8. The van der Waals surface area contributed by atoms with Gasteiger partial charge in [-0.25, -0.2) is 9.48 Å². The molecule has 9 heteroatoms. The standard InChI is InChI=1S/C25H21N5O3S/c26-14-17-15-27-30(18-8-2-1-3-9-18)23(17)28-21(31)16-33-25(32)22-19-10-4-5-11-20(19)34-24(22)29-12-6-7-13-29/h1-3,6-9,12-13,15H,4-5,10-11,16H2,(H,28,31). The molecule has 34 heavy (non-hydrogen) atoms. The molecule has 8 nitrogen and oxygen atoms in total. The lowest BCUT2D eigenvalue weighted by molar-refractivity contribution is -0.119. The Kier molecular flexibility index (Phi) is 5.97. The number of fused-ring (bicyclic) bond motifs is 1. The van der Waals surface area contributed by atoms with Crippen LogP contribution in [0.5, 0.6) is 0 Å². The molecule has 170 valence electrons. The number of anilines is 1. The van der Waals surface area contributed by atoms with Crippen LogP contribution in [0.15, 0.2) is 61.1 Å². The number of carbonyl (C=O) groups excluding carboxylic acids is 2. The zero-order chi connectivity index (χ0) is 23.5. The minimum Gasteiger partial charge on any atom is -0.452 e. The molecule has 0 saturated heterocycles. The van der Waals surface area contributed by atoms with E-state index in [1.165, 1.54) is 15.8 Å². The highest BCUT2D eigenvalue weighted by Crippen LogP contribution is 2.37. The van der Waals surface area contributed by atoms with Crippen LogP contribution in [0.25, 0.3) is 10.7 Å². The maximum atomic E-state index is 13.1. The molecule has 0 unspecified atom stereocenters. The smallest absolute Gasteiger partial charge is 0.341 e. The first-order chi connectivity index (χ1) is 16.7. The highest BCUT2D eigenvalue weighted by molar-refractivity contribution is 7.15. The van der Waals surface area contributed by atoms with Gasteiger partial charge >= 0.3 is 5.97 Å². The van der Waals surface area contributed by atoms with E-state index in [1.54, 1.807) is 11.3 Å². The summed E-state index contributed by atoms with van der Waals surface area (Å²) in [5.74, 6) is -0.833. The average Bonchev–Trinajstić information content (AvgIpc) is 3.61. The maximum absolute atomic E-state index is 13.1. The number of nitrogens with zero attached hydrogens (tertiary/aromatic N) is 4. The molecule has 1 N–H and O–H groups in total.